The summed E-state index contributed by atoms with van der Waals surface area (Å²) in [4.78, 5) is 2.53. The zero-order valence-electron chi connectivity index (χ0n) is 30.9. The van der Waals surface area contributed by atoms with E-state index in [1.165, 1.54) is 94.7 Å². The first-order chi connectivity index (χ1) is 25.2. The van der Waals surface area contributed by atoms with E-state index in [2.05, 4.69) is 197 Å². The molecular weight excluding hydrogens is 627 g/mol. The van der Waals surface area contributed by atoms with Crippen LogP contribution in [0.2, 0.25) is 0 Å². The van der Waals surface area contributed by atoms with Gasteiger partial charge in [-0.05, 0) is 138 Å². The molecule has 0 saturated heterocycles. The first-order valence-corrected chi connectivity index (χ1v) is 18.7. The molecule has 1 aliphatic rings. The average molecular weight is 672 g/mol. The number of benzene rings is 8. The van der Waals surface area contributed by atoms with Crippen molar-refractivity contribution < 1.29 is 0 Å². The standard InChI is InChI=1S/C51H45N/c1-34-18-29-47-48(51(4,5)31-30-50(47,2)3)49(34)52(41-25-21-36(22-26-41)39-20-19-35-12-6-7-13-38(35)32-39)42-27-23-37(24-28-42)46-33-40-14-8-9-15-43(40)44-16-10-11-17-45(44)46/h6-29,32-33H,30-31H2,1-5H3. The molecule has 1 heteroatoms. The van der Waals surface area contributed by atoms with Gasteiger partial charge in [0, 0.05) is 11.4 Å². The van der Waals surface area contributed by atoms with Crippen molar-refractivity contribution in [3.05, 3.63) is 174 Å². The largest absolute Gasteiger partial charge is 0.310 e. The molecule has 1 aliphatic carbocycles. The van der Waals surface area contributed by atoms with Gasteiger partial charge in [-0.1, -0.05) is 149 Å². The van der Waals surface area contributed by atoms with Gasteiger partial charge in [-0.3, -0.25) is 0 Å². The topological polar surface area (TPSA) is 3.24 Å². The lowest BCUT2D eigenvalue weighted by molar-refractivity contribution is 0.332. The quantitative estimate of drug-likeness (QED) is 0.165. The van der Waals surface area contributed by atoms with E-state index < -0.39 is 0 Å². The number of nitrogens with zero attached hydrogens (tertiary/aromatic N) is 1. The van der Waals surface area contributed by atoms with E-state index >= 15 is 0 Å². The van der Waals surface area contributed by atoms with Gasteiger partial charge in [-0.15, -0.1) is 0 Å². The van der Waals surface area contributed by atoms with Crippen LogP contribution in [0.1, 0.15) is 57.2 Å². The number of anilines is 3. The SMILES string of the molecule is Cc1ccc2c(c1N(c1ccc(-c3ccc4ccccc4c3)cc1)c1ccc(-c3cc4ccccc4c4ccccc34)cc1)C(C)(C)CCC2(C)C. The van der Waals surface area contributed by atoms with Crippen LogP contribution in [0.3, 0.4) is 0 Å². The van der Waals surface area contributed by atoms with E-state index in [0.717, 1.165) is 6.42 Å². The molecule has 9 rings (SSSR count). The molecule has 0 amide bonds. The molecule has 0 unspecified atom stereocenters. The summed E-state index contributed by atoms with van der Waals surface area (Å²) in [6.07, 6.45) is 2.34. The van der Waals surface area contributed by atoms with Gasteiger partial charge in [-0.2, -0.15) is 0 Å². The molecule has 0 spiro atoms. The lowest BCUT2D eigenvalue weighted by Crippen LogP contribution is -2.35. The molecule has 8 aromatic rings. The van der Waals surface area contributed by atoms with Crippen molar-refractivity contribution in [1.29, 1.82) is 0 Å². The summed E-state index contributed by atoms with van der Waals surface area (Å²) in [6.45, 7) is 12.0. The van der Waals surface area contributed by atoms with Crippen LogP contribution in [-0.4, -0.2) is 0 Å². The summed E-state index contributed by atoms with van der Waals surface area (Å²) in [5.74, 6) is 0. The van der Waals surface area contributed by atoms with Crippen LogP contribution in [-0.2, 0) is 10.8 Å². The summed E-state index contributed by atoms with van der Waals surface area (Å²) in [5, 5.41) is 7.68. The average Bonchev–Trinajstić information content (AvgIpc) is 3.17. The Balaban J connectivity index is 1.21. The van der Waals surface area contributed by atoms with E-state index in [9.17, 15) is 0 Å². The van der Waals surface area contributed by atoms with Gasteiger partial charge in [0.05, 0.1) is 5.69 Å². The van der Waals surface area contributed by atoms with Crippen molar-refractivity contribution in [2.45, 2.75) is 58.3 Å². The van der Waals surface area contributed by atoms with Gasteiger partial charge in [0.25, 0.3) is 0 Å². The second-order valence-electron chi connectivity index (χ2n) is 16.1. The van der Waals surface area contributed by atoms with Crippen molar-refractivity contribution in [3.8, 4) is 22.3 Å². The molecule has 254 valence electrons. The highest BCUT2D eigenvalue weighted by molar-refractivity contribution is 6.13. The van der Waals surface area contributed by atoms with Crippen LogP contribution in [0.5, 0.6) is 0 Å². The molecule has 0 radical (unpaired) electrons. The molecule has 0 aromatic heterocycles. The maximum Gasteiger partial charge on any atom is 0.0531 e. The summed E-state index contributed by atoms with van der Waals surface area (Å²) in [6, 6.07) is 58.6. The molecule has 52 heavy (non-hydrogen) atoms. The van der Waals surface area contributed by atoms with Crippen LogP contribution >= 0.6 is 0 Å². The Morgan fingerprint density at radius 3 is 1.71 bits per heavy atom. The van der Waals surface area contributed by atoms with Crippen molar-refractivity contribution in [3.63, 3.8) is 0 Å². The lowest BCUT2D eigenvalue weighted by Gasteiger charge is -2.45. The van der Waals surface area contributed by atoms with Crippen molar-refractivity contribution in [2.24, 2.45) is 0 Å². The Morgan fingerprint density at radius 1 is 0.442 bits per heavy atom. The van der Waals surface area contributed by atoms with Gasteiger partial charge >= 0.3 is 0 Å². The Bertz CT molecular complexity index is 2620. The molecule has 0 heterocycles. The molecule has 0 saturated carbocycles. The fourth-order valence-electron chi connectivity index (χ4n) is 8.78. The Hall–Kier alpha value is -5.66. The maximum absolute atomic E-state index is 2.53. The highest BCUT2D eigenvalue weighted by atomic mass is 15.1. The van der Waals surface area contributed by atoms with E-state index in [0.29, 0.717) is 0 Å². The van der Waals surface area contributed by atoms with Crippen molar-refractivity contribution in [1.82, 2.24) is 0 Å². The smallest absolute Gasteiger partial charge is 0.0531 e. The van der Waals surface area contributed by atoms with E-state index in [4.69, 9.17) is 0 Å². The van der Waals surface area contributed by atoms with E-state index in [-0.39, 0.29) is 10.8 Å². The number of fused-ring (bicyclic) bond motifs is 5. The van der Waals surface area contributed by atoms with Crippen molar-refractivity contribution >= 4 is 49.4 Å². The van der Waals surface area contributed by atoms with Crippen LogP contribution in [0.4, 0.5) is 17.1 Å². The zero-order valence-corrected chi connectivity index (χ0v) is 30.9. The van der Waals surface area contributed by atoms with Gasteiger partial charge in [0.2, 0.25) is 0 Å². The molecule has 1 nitrogen and oxygen atoms in total. The fraction of sp³-hybridized carbons (Fsp3) is 0.176. The third-order valence-electron chi connectivity index (χ3n) is 11.8. The second kappa shape index (κ2) is 12.2. The second-order valence-corrected chi connectivity index (χ2v) is 16.1. The minimum absolute atomic E-state index is 0.0411. The lowest BCUT2D eigenvalue weighted by atomic mass is 9.62. The number of aryl methyl sites for hydroxylation is 1. The first-order valence-electron chi connectivity index (χ1n) is 18.7. The molecule has 0 atom stereocenters. The third kappa shape index (κ3) is 5.39. The number of hydrogen-bond donors (Lipinski definition) is 0. The highest BCUT2D eigenvalue weighted by Gasteiger charge is 2.40. The normalized spacial score (nSPS) is 14.8. The summed E-state index contributed by atoms with van der Waals surface area (Å²) in [7, 11) is 0. The third-order valence-corrected chi connectivity index (χ3v) is 11.8. The van der Waals surface area contributed by atoms with Crippen LogP contribution in [0.15, 0.2) is 158 Å². The summed E-state index contributed by atoms with van der Waals surface area (Å²) >= 11 is 0. The Kier molecular flexibility index (Phi) is 7.59. The molecular formula is C51H45N. The summed E-state index contributed by atoms with van der Waals surface area (Å²) in [5.41, 5.74) is 13.0. The Labute approximate surface area is 308 Å². The van der Waals surface area contributed by atoms with Crippen LogP contribution < -0.4 is 4.90 Å². The van der Waals surface area contributed by atoms with Gasteiger partial charge in [0.1, 0.15) is 0 Å². The molecule has 0 N–H and O–H groups in total. The first kappa shape index (κ1) is 32.3. The van der Waals surface area contributed by atoms with Crippen molar-refractivity contribution in [2.75, 3.05) is 4.90 Å². The number of rotatable bonds is 5. The zero-order chi connectivity index (χ0) is 35.6. The van der Waals surface area contributed by atoms with Crippen LogP contribution in [0, 0.1) is 6.92 Å². The van der Waals surface area contributed by atoms with E-state index in [1.54, 1.807) is 0 Å². The molecule has 0 bridgehead atoms. The molecule has 0 fully saturated rings. The predicted molar refractivity (Wildman–Crippen MR) is 225 cm³/mol. The predicted octanol–water partition coefficient (Wildman–Crippen LogP) is 14.6. The molecule has 8 aromatic carbocycles. The van der Waals surface area contributed by atoms with Gasteiger partial charge in [0.15, 0.2) is 0 Å². The fourth-order valence-corrected chi connectivity index (χ4v) is 8.78. The van der Waals surface area contributed by atoms with E-state index in [1.807, 2.05) is 0 Å². The minimum Gasteiger partial charge on any atom is -0.310 e. The maximum atomic E-state index is 2.53. The van der Waals surface area contributed by atoms with Gasteiger partial charge < -0.3 is 4.90 Å². The highest BCUT2D eigenvalue weighted by Crippen LogP contribution is 2.53. The number of hydrogen-bond acceptors (Lipinski definition) is 1. The Morgan fingerprint density at radius 2 is 1.00 bits per heavy atom. The molecule has 0 aliphatic heterocycles. The monoisotopic (exact) mass is 671 g/mol. The van der Waals surface area contributed by atoms with Gasteiger partial charge in [-0.25, -0.2) is 0 Å². The summed E-state index contributed by atoms with van der Waals surface area (Å²) < 4.78 is 0. The minimum atomic E-state index is 0.0411. The van der Waals surface area contributed by atoms with Crippen LogP contribution in [0.25, 0.3) is 54.6 Å².